The molecule has 4 aromatic rings. The van der Waals surface area contributed by atoms with Gasteiger partial charge in [-0.2, -0.15) is 13.5 Å². The molecular weight excluding hydrogens is 484 g/mol. The van der Waals surface area contributed by atoms with Gasteiger partial charge in [0, 0.05) is 37.5 Å². The summed E-state index contributed by atoms with van der Waals surface area (Å²) in [6, 6.07) is 12.1. The molecule has 0 unspecified atom stereocenters. The number of methoxy groups -OCH3 is 2. The van der Waals surface area contributed by atoms with Crippen LogP contribution in [-0.2, 0) is 23.5 Å². The minimum Gasteiger partial charge on any atom is -0.497 e. The van der Waals surface area contributed by atoms with Crippen molar-refractivity contribution in [3.05, 3.63) is 54.2 Å². The first-order chi connectivity index (χ1) is 17.3. The van der Waals surface area contributed by atoms with Crippen molar-refractivity contribution >= 4 is 38.4 Å². The molecule has 0 spiro atoms. The van der Waals surface area contributed by atoms with Gasteiger partial charge in [-0.15, -0.1) is 0 Å². The maximum atomic E-state index is 13.1. The Morgan fingerprint density at radius 2 is 1.72 bits per heavy atom. The molecule has 2 heterocycles. The SMILES string of the molecule is COc1cc(Nc2nc3ccccc3nc2NS(=O)(=O)c2ccn(C)n2)c(CCCCO)c(OC)c1. The number of aliphatic hydroxyl groups is 1. The Morgan fingerprint density at radius 3 is 2.33 bits per heavy atom. The number of aryl methyl sites for hydroxylation is 1. The van der Waals surface area contributed by atoms with Crippen molar-refractivity contribution in [1.29, 1.82) is 0 Å². The maximum absolute atomic E-state index is 13.1. The highest BCUT2D eigenvalue weighted by atomic mass is 32.2. The number of ether oxygens (including phenoxy) is 2. The Bertz CT molecular complexity index is 1470. The van der Waals surface area contributed by atoms with E-state index in [4.69, 9.17) is 9.47 Å². The Morgan fingerprint density at radius 1 is 1.00 bits per heavy atom. The number of benzene rings is 2. The van der Waals surface area contributed by atoms with Crippen molar-refractivity contribution in [2.45, 2.75) is 24.3 Å². The fourth-order valence-corrected chi connectivity index (χ4v) is 4.68. The zero-order valence-electron chi connectivity index (χ0n) is 20.2. The van der Waals surface area contributed by atoms with Crippen LogP contribution in [-0.4, -0.2) is 54.1 Å². The molecule has 36 heavy (non-hydrogen) atoms. The van der Waals surface area contributed by atoms with Gasteiger partial charge in [-0.3, -0.25) is 9.40 Å². The van der Waals surface area contributed by atoms with Crippen LogP contribution in [0.15, 0.2) is 53.7 Å². The summed E-state index contributed by atoms with van der Waals surface area (Å²) in [5, 5.41) is 16.3. The zero-order valence-corrected chi connectivity index (χ0v) is 21.0. The molecular formula is C24H28N6O5S. The largest absolute Gasteiger partial charge is 0.497 e. The minimum atomic E-state index is -4.03. The van der Waals surface area contributed by atoms with Crippen LogP contribution in [0.25, 0.3) is 11.0 Å². The third-order valence-electron chi connectivity index (χ3n) is 5.49. The van der Waals surface area contributed by atoms with Crippen LogP contribution in [0.1, 0.15) is 18.4 Å². The van der Waals surface area contributed by atoms with E-state index in [1.54, 1.807) is 57.8 Å². The smallest absolute Gasteiger partial charge is 0.282 e. The van der Waals surface area contributed by atoms with E-state index < -0.39 is 10.0 Å². The van der Waals surface area contributed by atoms with Gasteiger partial charge >= 0.3 is 0 Å². The molecule has 0 bridgehead atoms. The van der Waals surface area contributed by atoms with Crippen molar-refractivity contribution < 1.29 is 23.0 Å². The molecule has 0 fully saturated rings. The monoisotopic (exact) mass is 512 g/mol. The van der Waals surface area contributed by atoms with E-state index in [-0.39, 0.29) is 23.3 Å². The first-order valence-electron chi connectivity index (χ1n) is 11.3. The molecule has 0 aliphatic carbocycles. The van der Waals surface area contributed by atoms with Gasteiger partial charge in [0.1, 0.15) is 11.5 Å². The highest BCUT2D eigenvalue weighted by Gasteiger charge is 2.22. The molecule has 2 aromatic heterocycles. The lowest BCUT2D eigenvalue weighted by Crippen LogP contribution is -2.17. The van der Waals surface area contributed by atoms with Crippen LogP contribution < -0.4 is 19.5 Å². The number of aromatic nitrogens is 4. The van der Waals surface area contributed by atoms with Gasteiger partial charge in [0.05, 0.1) is 30.9 Å². The molecule has 0 atom stereocenters. The average Bonchev–Trinajstić information content (AvgIpc) is 3.32. The molecule has 12 heteroatoms. The van der Waals surface area contributed by atoms with Gasteiger partial charge in [-0.1, -0.05) is 12.1 Å². The van der Waals surface area contributed by atoms with Gasteiger partial charge in [-0.25, -0.2) is 9.97 Å². The number of nitrogens with zero attached hydrogens (tertiary/aromatic N) is 4. The van der Waals surface area contributed by atoms with Crippen molar-refractivity contribution in [1.82, 2.24) is 19.7 Å². The Kier molecular flexibility index (Phi) is 7.55. The topological polar surface area (TPSA) is 140 Å². The van der Waals surface area contributed by atoms with Crippen LogP contribution in [0, 0.1) is 0 Å². The number of rotatable bonds is 11. The second-order valence-electron chi connectivity index (χ2n) is 8.00. The van der Waals surface area contributed by atoms with E-state index >= 15 is 0 Å². The first-order valence-corrected chi connectivity index (χ1v) is 12.7. The van der Waals surface area contributed by atoms with Crippen molar-refractivity contribution in [3.8, 4) is 11.5 Å². The predicted octanol–water partition coefficient (Wildman–Crippen LogP) is 3.24. The molecule has 0 saturated carbocycles. The number of aliphatic hydroxyl groups excluding tert-OH is 1. The van der Waals surface area contributed by atoms with Crippen molar-refractivity contribution in [3.63, 3.8) is 0 Å². The van der Waals surface area contributed by atoms with Gasteiger partial charge in [0.25, 0.3) is 10.0 Å². The number of hydrogen-bond donors (Lipinski definition) is 3. The third-order valence-corrected chi connectivity index (χ3v) is 6.72. The van der Waals surface area contributed by atoms with Crippen LogP contribution in [0.4, 0.5) is 17.3 Å². The number of sulfonamides is 1. The van der Waals surface area contributed by atoms with Crippen LogP contribution in [0.2, 0.25) is 0 Å². The van der Waals surface area contributed by atoms with Crippen LogP contribution in [0.3, 0.4) is 0 Å². The standard InChI is InChI=1S/C24H28N6O5S/c1-30-12-11-22(28-30)36(32,33)29-24-23(25-18-9-4-5-10-19(18)26-24)27-20-14-16(34-2)15-21(35-3)17(20)8-6-7-13-31/h4-5,9-12,14-15,31H,6-8,13H2,1-3H3,(H,25,27)(H,26,29). The van der Waals surface area contributed by atoms with Gasteiger partial charge in [-0.05, 0) is 37.5 Å². The van der Waals surface area contributed by atoms with E-state index in [0.717, 1.165) is 12.0 Å². The third kappa shape index (κ3) is 5.50. The lowest BCUT2D eigenvalue weighted by Gasteiger charge is -2.19. The lowest BCUT2D eigenvalue weighted by molar-refractivity contribution is 0.284. The van der Waals surface area contributed by atoms with Gasteiger partial charge < -0.3 is 19.9 Å². The number of hydrogen-bond acceptors (Lipinski definition) is 9. The first kappa shape index (κ1) is 25.2. The molecule has 190 valence electrons. The molecule has 0 aliphatic rings. The lowest BCUT2D eigenvalue weighted by atomic mass is 10.0. The zero-order chi connectivity index (χ0) is 25.7. The van der Waals surface area contributed by atoms with Gasteiger partial charge in [0.15, 0.2) is 16.7 Å². The molecule has 0 amide bonds. The van der Waals surface area contributed by atoms with E-state index in [2.05, 4.69) is 25.1 Å². The summed E-state index contributed by atoms with van der Waals surface area (Å²) in [5.74, 6) is 1.36. The summed E-state index contributed by atoms with van der Waals surface area (Å²) < 4.78 is 41.1. The van der Waals surface area contributed by atoms with Crippen LogP contribution >= 0.6 is 0 Å². The minimum absolute atomic E-state index is 0.0162. The fraction of sp³-hybridized carbons (Fsp3) is 0.292. The number of fused-ring (bicyclic) bond motifs is 1. The number of para-hydroxylation sites is 2. The van der Waals surface area contributed by atoms with E-state index in [1.807, 2.05) is 6.07 Å². The fourth-order valence-electron chi connectivity index (χ4n) is 3.71. The van der Waals surface area contributed by atoms with E-state index in [1.165, 1.54) is 10.7 Å². The summed E-state index contributed by atoms with van der Waals surface area (Å²) in [6.45, 7) is 0.0802. The summed E-state index contributed by atoms with van der Waals surface area (Å²) in [6.07, 6.45) is 3.49. The highest BCUT2D eigenvalue weighted by Crippen LogP contribution is 2.36. The number of unbranched alkanes of at least 4 members (excludes halogenated alkanes) is 1. The second kappa shape index (κ2) is 10.8. The van der Waals surface area contributed by atoms with Gasteiger partial charge in [0.2, 0.25) is 0 Å². The quantitative estimate of drug-likeness (QED) is 0.258. The molecule has 0 radical (unpaired) electrons. The molecule has 3 N–H and O–H groups in total. The normalized spacial score (nSPS) is 11.4. The maximum Gasteiger partial charge on any atom is 0.282 e. The van der Waals surface area contributed by atoms with E-state index in [0.29, 0.717) is 41.1 Å². The Labute approximate surface area is 209 Å². The molecule has 11 nitrogen and oxygen atoms in total. The summed E-state index contributed by atoms with van der Waals surface area (Å²) >= 11 is 0. The molecule has 0 aliphatic heterocycles. The summed E-state index contributed by atoms with van der Waals surface area (Å²) in [7, 11) is 0.718. The average molecular weight is 513 g/mol. The Balaban J connectivity index is 1.81. The summed E-state index contributed by atoms with van der Waals surface area (Å²) in [4.78, 5) is 9.19. The van der Waals surface area contributed by atoms with Crippen molar-refractivity contribution in [2.24, 2.45) is 7.05 Å². The van der Waals surface area contributed by atoms with Crippen molar-refractivity contribution in [2.75, 3.05) is 30.9 Å². The highest BCUT2D eigenvalue weighted by molar-refractivity contribution is 7.92. The molecule has 2 aromatic carbocycles. The molecule has 0 saturated heterocycles. The predicted molar refractivity (Wildman–Crippen MR) is 136 cm³/mol. The number of anilines is 3. The molecule has 4 rings (SSSR count). The summed E-state index contributed by atoms with van der Waals surface area (Å²) in [5.41, 5.74) is 2.55. The second-order valence-corrected chi connectivity index (χ2v) is 9.63. The van der Waals surface area contributed by atoms with Crippen LogP contribution in [0.5, 0.6) is 11.5 Å². The Hall–Kier alpha value is -3.90. The van der Waals surface area contributed by atoms with E-state index in [9.17, 15) is 13.5 Å². The number of nitrogens with one attached hydrogen (secondary N) is 2.